The number of halogens is 1. The van der Waals surface area contributed by atoms with Crippen LogP contribution in [-0.2, 0) is 0 Å². The molecule has 23 heavy (non-hydrogen) atoms. The molecule has 0 aliphatic carbocycles. The van der Waals surface area contributed by atoms with Gasteiger partial charge in [0.2, 0.25) is 5.88 Å². The fraction of sp³-hybridized carbons (Fsp3) is 0.200. The highest BCUT2D eigenvalue weighted by Gasteiger charge is 2.14. The van der Waals surface area contributed by atoms with Gasteiger partial charge in [0.15, 0.2) is 5.49 Å². The normalized spacial score (nSPS) is 15.0. The summed E-state index contributed by atoms with van der Waals surface area (Å²) >= 11 is 6.14. The van der Waals surface area contributed by atoms with Crippen LogP contribution in [0, 0.1) is 6.92 Å². The van der Waals surface area contributed by atoms with Crippen LogP contribution in [-0.4, -0.2) is 23.4 Å². The number of rotatable bonds is 3. The molecule has 8 heteroatoms. The Balaban J connectivity index is 1.98. The Kier molecular flexibility index (Phi) is 4.50. The van der Waals surface area contributed by atoms with Gasteiger partial charge in [-0.15, -0.1) is 5.10 Å². The van der Waals surface area contributed by atoms with E-state index in [2.05, 4.69) is 25.9 Å². The lowest BCUT2D eigenvalue weighted by molar-refractivity contribution is 0.447. The van der Waals surface area contributed by atoms with E-state index in [1.807, 2.05) is 25.3 Å². The molecule has 0 unspecified atom stereocenters. The van der Waals surface area contributed by atoms with Crippen molar-refractivity contribution in [1.29, 1.82) is 0 Å². The minimum Gasteiger partial charge on any atom is -0.437 e. The Labute approximate surface area is 138 Å². The van der Waals surface area contributed by atoms with Crippen molar-refractivity contribution in [3.05, 3.63) is 52.1 Å². The molecule has 0 saturated carbocycles. The first kappa shape index (κ1) is 15.4. The number of benzene rings is 1. The summed E-state index contributed by atoms with van der Waals surface area (Å²) in [7, 11) is 0. The smallest absolute Gasteiger partial charge is 0.239 e. The summed E-state index contributed by atoms with van der Waals surface area (Å²) in [4.78, 5) is 0. The molecule has 2 aromatic rings. The van der Waals surface area contributed by atoms with E-state index in [1.54, 1.807) is 12.1 Å². The topological polar surface area (TPSA) is 100 Å². The molecule has 0 saturated heterocycles. The Bertz CT molecular complexity index is 814. The number of nitrogens with two attached hydrogens (primary N) is 1. The predicted octanol–water partition coefficient (Wildman–Crippen LogP) is 1.43. The summed E-state index contributed by atoms with van der Waals surface area (Å²) in [6.07, 6.45) is 1.96. The molecule has 0 fully saturated rings. The lowest BCUT2D eigenvalue weighted by atomic mass is 10.0. The zero-order valence-electron chi connectivity index (χ0n) is 12.6. The van der Waals surface area contributed by atoms with Gasteiger partial charge >= 0.3 is 0 Å². The van der Waals surface area contributed by atoms with Crippen molar-refractivity contribution < 1.29 is 4.74 Å². The molecular formula is C15H17ClN6O. The summed E-state index contributed by atoms with van der Waals surface area (Å²) < 4.78 is 5.97. The van der Waals surface area contributed by atoms with E-state index in [9.17, 15) is 0 Å². The van der Waals surface area contributed by atoms with Crippen molar-refractivity contribution >= 4 is 17.2 Å². The van der Waals surface area contributed by atoms with Crippen LogP contribution in [0.4, 0.5) is 0 Å². The van der Waals surface area contributed by atoms with E-state index >= 15 is 0 Å². The minimum absolute atomic E-state index is 0.457. The highest BCUT2D eigenvalue weighted by molar-refractivity contribution is 6.30. The first-order chi connectivity index (χ1) is 11.2. The molecule has 2 heterocycles. The van der Waals surface area contributed by atoms with Gasteiger partial charge in [0.05, 0.1) is 6.67 Å². The van der Waals surface area contributed by atoms with Crippen molar-refractivity contribution in [3.8, 4) is 11.6 Å². The number of hydrogen-bond donors (Lipinski definition) is 4. The number of nitrogens with zero attached hydrogens (tertiary/aromatic N) is 2. The first-order valence-corrected chi connectivity index (χ1v) is 7.46. The molecule has 0 bridgehead atoms. The summed E-state index contributed by atoms with van der Waals surface area (Å²) in [5.41, 5.74) is 3.27. The van der Waals surface area contributed by atoms with Crippen LogP contribution in [0.3, 0.4) is 0 Å². The molecule has 1 aromatic carbocycles. The van der Waals surface area contributed by atoms with Gasteiger partial charge in [-0.3, -0.25) is 10.4 Å². The molecule has 0 amide bonds. The van der Waals surface area contributed by atoms with Crippen LogP contribution < -0.4 is 26.7 Å². The third-order valence-electron chi connectivity index (χ3n) is 3.41. The van der Waals surface area contributed by atoms with Crippen molar-refractivity contribution in [3.63, 3.8) is 0 Å². The SMILES string of the molecule is Cc1cc(=NN)[nH]nc1Oc1ccc(Cl)cc1C1=CNCNC1. The Morgan fingerprint density at radius 3 is 2.91 bits per heavy atom. The van der Waals surface area contributed by atoms with Gasteiger partial charge < -0.3 is 15.9 Å². The summed E-state index contributed by atoms with van der Waals surface area (Å²) in [5, 5.41) is 17.5. The van der Waals surface area contributed by atoms with E-state index < -0.39 is 0 Å². The van der Waals surface area contributed by atoms with Crippen LogP contribution >= 0.6 is 11.6 Å². The van der Waals surface area contributed by atoms with E-state index in [0.29, 0.717) is 22.1 Å². The average molecular weight is 333 g/mol. The predicted molar refractivity (Wildman–Crippen MR) is 88.6 cm³/mol. The number of aryl methyl sites for hydroxylation is 1. The largest absolute Gasteiger partial charge is 0.437 e. The van der Waals surface area contributed by atoms with Gasteiger partial charge in [-0.05, 0) is 36.8 Å². The third-order valence-corrected chi connectivity index (χ3v) is 3.65. The van der Waals surface area contributed by atoms with E-state index in [1.165, 1.54) is 0 Å². The number of nitrogens with one attached hydrogen (secondary N) is 3. The maximum Gasteiger partial charge on any atom is 0.239 e. The molecule has 120 valence electrons. The van der Waals surface area contributed by atoms with E-state index in [-0.39, 0.29) is 0 Å². The van der Waals surface area contributed by atoms with Gasteiger partial charge in [0.25, 0.3) is 0 Å². The monoisotopic (exact) mass is 332 g/mol. The second-order valence-electron chi connectivity index (χ2n) is 5.09. The van der Waals surface area contributed by atoms with Crippen LogP contribution in [0.25, 0.3) is 5.57 Å². The molecular weight excluding hydrogens is 316 g/mol. The van der Waals surface area contributed by atoms with Crippen molar-refractivity contribution in [2.75, 3.05) is 13.2 Å². The molecule has 5 N–H and O–H groups in total. The lowest BCUT2D eigenvalue weighted by Gasteiger charge is -2.19. The fourth-order valence-electron chi connectivity index (χ4n) is 2.28. The molecule has 0 radical (unpaired) electrons. The maximum atomic E-state index is 6.14. The van der Waals surface area contributed by atoms with Gasteiger partial charge in [-0.1, -0.05) is 11.6 Å². The van der Waals surface area contributed by atoms with Crippen LogP contribution in [0.1, 0.15) is 11.1 Å². The number of H-pyrrole nitrogens is 1. The Hall–Kier alpha value is -2.51. The second kappa shape index (κ2) is 6.72. The molecule has 1 aliphatic rings. The van der Waals surface area contributed by atoms with Crippen LogP contribution in [0.15, 0.2) is 35.6 Å². The number of aromatic nitrogens is 2. The fourth-order valence-corrected chi connectivity index (χ4v) is 2.45. The van der Waals surface area contributed by atoms with E-state index in [0.717, 1.165) is 29.9 Å². The van der Waals surface area contributed by atoms with Crippen LogP contribution in [0.2, 0.25) is 5.02 Å². The first-order valence-electron chi connectivity index (χ1n) is 7.08. The maximum absolute atomic E-state index is 6.14. The van der Waals surface area contributed by atoms with E-state index in [4.69, 9.17) is 22.2 Å². The van der Waals surface area contributed by atoms with Gasteiger partial charge in [0.1, 0.15) is 5.75 Å². The van der Waals surface area contributed by atoms with Gasteiger partial charge in [0, 0.05) is 28.9 Å². The number of hydrogen-bond acceptors (Lipinski definition) is 6. The molecule has 0 spiro atoms. The zero-order valence-corrected chi connectivity index (χ0v) is 13.3. The number of ether oxygens (including phenoxy) is 1. The molecule has 0 atom stereocenters. The Morgan fingerprint density at radius 2 is 2.22 bits per heavy atom. The molecule has 1 aromatic heterocycles. The highest BCUT2D eigenvalue weighted by Crippen LogP contribution is 2.32. The second-order valence-corrected chi connectivity index (χ2v) is 5.53. The quantitative estimate of drug-likeness (QED) is 0.503. The minimum atomic E-state index is 0.457. The van der Waals surface area contributed by atoms with Crippen molar-refractivity contribution in [1.82, 2.24) is 20.8 Å². The molecule has 3 rings (SSSR count). The average Bonchev–Trinajstić information content (AvgIpc) is 2.58. The lowest BCUT2D eigenvalue weighted by Crippen LogP contribution is -2.32. The summed E-state index contributed by atoms with van der Waals surface area (Å²) in [6, 6.07) is 7.25. The van der Waals surface area contributed by atoms with Crippen LogP contribution in [0.5, 0.6) is 11.6 Å². The van der Waals surface area contributed by atoms with Crippen molar-refractivity contribution in [2.45, 2.75) is 6.92 Å². The van der Waals surface area contributed by atoms with Crippen molar-refractivity contribution in [2.24, 2.45) is 10.9 Å². The molecule has 7 nitrogen and oxygen atoms in total. The standard InChI is InChI=1S/C15H17ClN6O/c1-9-4-14(20-17)21-22-15(9)23-13-3-2-11(16)5-12(13)10-6-18-8-19-7-10/h2-6,18-19H,7-8,17H2,1H3,(H,20,21). The Morgan fingerprint density at radius 1 is 1.35 bits per heavy atom. The highest BCUT2D eigenvalue weighted by atomic mass is 35.5. The third kappa shape index (κ3) is 3.46. The summed E-state index contributed by atoms with van der Waals surface area (Å²) in [5.74, 6) is 6.37. The molecule has 1 aliphatic heterocycles. The zero-order chi connectivity index (χ0) is 16.2. The summed E-state index contributed by atoms with van der Waals surface area (Å²) in [6.45, 7) is 3.34. The number of aromatic amines is 1. The van der Waals surface area contributed by atoms with Gasteiger partial charge in [-0.25, -0.2) is 0 Å². The van der Waals surface area contributed by atoms with Gasteiger partial charge in [-0.2, -0.15) is 5.10 Å².